The first kappa shape index (κ1) is 16.2. The standard InChI is InChI=1S/C18H20N4O2S/c1-24-18(23)16-13(10-19-21-16)11-22-8-6-12(7-9-22)17-20-14-4-2-3-5-15(14)25-17/h2-5,10,12H,6-9,11H2,1H3,(H,19,21). The number of aromatic nitrogens is 3. The van der Waals surface area contributed by atoms with E-state index in [-0.39, 0.29) is 5.97 Å². The van der Waals surface area contributed by atoms with Crippen LogP contribution in [0, 0.1) is 0 Å². The molecule has 0 aliphatic carbocycles. The van der Waals surface area contributed by atoms with E-state index in [4.69, 9.17) is 9.72 Å². The number of carbonyl (C=O) groups is 1. The molecular weight excluding hydrogens is 336 g/mol. The van der Waals surface area contributed by atoms with Gasteiger partial charge in [0.25, 0.3) is 0 Å². The third kappa shape index (κ3) is 3.29. The summed E-state index contributed by atoms with van der Waals surface area (Å²) in [6.07, 6.45) is 3.89. The molecule has 7 heteroatoms. The maximum absolute atomic E-state index is 11.7. The zero-order valence-corrected chi connectivity index (χ0v) is 14.9. The number of benzene rings is 1. The molecule has 6 nitrogen and oxygen atoms in total. The molecule has 1 aromatic carbocycles. The summed E-state index contributed by atoms with van der Waals surface area (Å²) in [7, 11) is 1.39. The zero-order valence-electron chi connectivity index (χ0n) is 14.1. The molecule has 1 N–H and O–H groups in total. The van der Waals surface area contributed by atoms with Gasteiger partial charge in [0.05, 0.1) is 28.5 Å². The Hall–Kier alpha value is -2.25. The minimum atomic E-state index is -0.364. The van der Waals surface area contributed by atoms with Crippen LogP contribution in [-0.2, 0) is 11.3 Å². The van der Waals surface area contributed by atoms with E-state index in [1.807, 2.05) is 17.4 Å². The summed E-state index contributed by atoms with van der Waals surface area (Å²) in [6.45, 7) is 2.70. The van der Waals surface area contributed by atoms with Crippen LogP contribution in [0.1, 0.15) is 39.8 Å². The molecule has 0 amide bonds. The molecule has 1 fully saturated rings. The fourth-order valence-electron chi connectivity index (χ4n) is 3.35. The normalized spacial score (nSPS) is 16.4. The smallest absolute Gasteiger partial charge is 0.356 e. The van der Waals surface area contributed by atoms with Crippen molar-refractivity contribution in [3.05, 3.63) is 46.7 Å². The van der Waals surface area contributed by atoms with Crippen LogP contribution >= 0.6 is 11.3 Å². The number of piperidine rings is 1. The van der Waals surface area contributed by atoms with Gasteiger partial charge in [-0.15, -0.1) is 11.3 Å². The first-order valence-electron chi connectivity index (χ1n) is 8.43. The fraction of sp³-hybridized carbons (Fsp3) is 0.389. The van der Waals surface area contributed by atoms with Gasteiger partial charge >= 0.3 is 5.97 Å². The Kier molecular flexibility index (Phi) is 4.50. The molecule has 0 spiro atoms. The maximum atomic E-state index is 11.7. The Morgan fingerprint density at radius 2 is 2.16 bits per heavy atom. The number of methoxy groups -OCH3 is 1. The van der Waals surface area contributed by atoms with Crippen molar-refractivity contribution in [2.45, 2.75) is 25.3 Å². The molecule has 3 aromatic rings. The third-order valence-electron chi connectivity index (χ3n) is 4.75. The van der Waals surface area contributed by atoms with E-state index in [1.54, 1.807) is 6.20 Å². The van der Waals surface area contributed by atoms with Crippen molar-refractivity contribution in [1.82, 2.24) is 20.1 Å². The molecule has 0 bridgehead atoms. The lowest BCUT2D eigenvalue weighted by atomic mass is 9.97. The lowest BCUT2D eigenvalue weighted by Crippen LogP contribution is -2.32. The van der Waals surface area contributed by atoms with E-state index in [0.717, 1.165) is 37.0 Å². The average molecular weight is 356 g/mol. The summed E-state index contributed by atoms with van der Waals surface area (Å²) in [5, 5.41) is 7.97. The van der Waals surface area contributed by atoms with E-state index in [9.17, 15) is 4.79 Å². The summed E-state index contributed by atoms with van der Waals surface area (Å²) in [5.41, 5.74) is 2.45. The highest BCUT2D eigenvalue weighted by atomic mass is 32.1. The van der Waals surface area contributed by atoms with Crippen LogP contribution in [0.3, 0.4) is 0 Å². The first-order valence-corrected chi connectivity index (χ1v) is 9.24. The summed E-state index contributed by atoms with van der Waals surface area (Å²) in [5.74, 6) is 0.162. The van der Waals surface area contributed by atoms with Gasteiger partial charge in [-0.2, -0.15) is 5.10 Å². The molecule has 1 aliphatic heterocycles. The number of nitrogens with zero attached hydrogens (tertiary/aromatic N) is 3. The second-order valence-corrected chi connectivity index (χ2v) is 7.39. The predicted octanol–water partition coefficient (Wildman–Crippen LogP) is 3.19. The van der Waals surface area contributed by atoms with Gasteiger partial charge in [0.15, 0.2) is 0 Å². The van der Waals surface area contributed by atoms with Crippen molar-refractivity contribution in [2.24, 2.45) is 0 Å². The highest BCUT2D eigenvalue weighted by Crippen LogP contribution is 2.34. The van der Waals surface area contributed by atoms with E-state index in [0.29, 0.717) is 18.2 Å². The SMILES string of the molecule is COC(=O)c1[nH]ncc1CN1CCC(c2nc3ccccc3s2)CC1. The average Bonchev–Trinajstić information content (AvgIpc) is 3.28. The third-order valence-corrected chi connectivity index (χ3v) is 5.95. The number of aromatic amines is 1. The number of carbonyl (C=O) groups excluding carboxylic acids is 1. The molecule has 1 saturated heterocycles. The number of nitrogens with one attached hydrogen (secondary N) is 1. The predicted molar refractivity (Wildman–Crippen MR) is 96.8 cm³/mol. The van der Waals surface area contributed by atoms with Crippen molar-refractivity contribution in [1.29, 1.82) is 0 Å². The largest absolute Gasteiger partial charge is 0.464 e. The number of thiazole rings is 1. The second kappa shape index (κ2) is 6.93. The van der Waals surface area contributed by atoms with Crippen LogP contribution in [0.4, 0.5) is 0 Å². The number of para-hydroxylation sites is 1. The highest BCUT2D eigenvalue weighted by molar-refractivity contribution is 7.18. The second-order valence-electron chi connectivity index (χ2n) is 6.33. The van der Waals surface area contributed by atoms with Gasteiger partial charge < -0.3 is 4.74 Å². The summed E-state index contributed by atoms with van der Waals surface area (Å²) < 4.78 is 6.06. The maximum Gasteiger partial charge on any atom is 0.356 e. The number of fused-ring (bicyclic) bond motifs is 1. The van der Waals surface area contributed by atoms with Crippen LogP contribution in [0.25, 0.3) is 10.2 Å². The van der Waals surface area contributed by atoms with Crippen LogP contribution in [-0.4, -0.2) is 46.2 Å². The summed E-state index contributed by atoms with van der Waals surface area (Å²) in [4.78, 5) is 18.9. The molecule has 0 radical (unpaired) electrons. The van der Waals surface area contributed by atoms with Crippen molar-refractivity contribution in [3.63, 3.8) is 0 Å². The number of H-pyrrole nitrogens is 1. The van der Waals surface area contributed by atoms with E-state index in [2.05, 4.69) is 33.3 Å². The van der Waals surface area contributed by atoms with Gasteiger partial charge in [-0.05, 0) is 38.1 Å². The monoisotopic (exact) mass is 356 g/mol. The Morgan fingerprint density at radius 1 is 1.36 bits per heavy atom. The number of hydrogen-bond donors (Lipinski definition) is 1. The molecule has 0 atom stereocenters. The first-order chi connectivity index (χ1) is 12.2. The van der Waals surface area contributed by atoms with Gasteiger partial charge in [0.2, 0.25) is 0 Å². The Morgan fingerprint density at radius 3 is 2.92 bits per heavy atom. The molecule has 1 aliphatic rings. The van der Waals surface area contributed by atoms with E-state index < -0.39 is 0 Å². The molecule has 130 valence electrons. The lowest BCUT2D eigenvalue weighted by molar-refractivity contribution is 0.0591. The molecule has 3 heterocycles. The van der Waals surface area contributed by atoms with Crippen LogP contribution in [0.2, 0.25) is 0 Å². The summed E-state index contributed by atoms with van der Waals surface area (Å²) >= 11 is 1.81. The van der Waals surface area contributed by atoms with Gasteiger partial charge in [-0.1, -0.05) is 12.1 Å². The Bertz CT molecular complexity index is 847. The number of hydrogen-bond acceptors (Lipinski definition) is 6. The van der Waals surface area contributed by atoms with Gasteiger partial charge in [0, 0.05) is 18.0 Å². The van der Waals surface area contributed by atoms with Crippen molar-refractivity contribution in [2.75, 3.05) is 20.2 Å². The zero-order chi connectivity index (χ0) is 17.2. The van der Waals surface area contributed by atoms with Crippen molar-refractivity contribution in [3.8, 4) is 0 Å². The fourth-order valence-corrected chi connectivity index (χ4v) is 4.49. The van der Waals surface area contributed by atoms with E-state index in [1.165, 1.54) is 16.8 Å². The molecular formula is C18H20N4O2S. The molecule has 2 aromatic heterocycles. The molecule has 0 unspecified atom stereocenters. The minimum Gasteiger partial charge on any atom is -0.464 e. The Balaban J connectivity index is 1.40. The van der Waals surface area contributed by atoms with Crippen molar-refractivity contribution < 1.29 is 9.53 Å². The lowest BCUT2D eigenvalue weighted by Gasteiger charge is -2.30. The molecule has 25 heavy (non-hydrogen) atoms. The van der Waals surface area contributed by atoms with Gasteiger partial charge in [-0.3, -0.25) is 10.00 Å². The molecule has 0 saturated carbocycles. The molecule has 4 rings (SSSR count). The number of rotatable bonds is 4. The van der Waals surface area contributed by atoms with Gasteiger partial charge in [0.1, 0.15) is 5.69 Å². The van der Waals surface area contributed by atoms with Gasteiger partial charge in [-0.25, -0.2) is 9.78 Å². The highest BCUT2D eigenvalue weighted by Gasteiger charge is 2.25. The quantitative estimate of drug-likeness (QED) is 0.727. The Labute approximate surface area is 149 Å². The van der Waals surface area contributed by atoms with E-state index >= 15 is 0 Å². The van der Waals surface area contributed by atoms with Crippen LogP contribution in [0.5, 0.6) is 0 Å². The topological polar surface area (TPSA) is 71.1 Å². The number of ether oxygens (including phenoxy) is 1. The van der Waals surface area contributed by atoms with Crippen LogP contribution in [0.15, 0.2) is 30.5 Å². The minimum absolute atomic E-state index is 0.364. The van der Waals surface area contributed by atoms with Crippen molar-refractivity contribution >= 4 is 27.5 Å². The number of likely N-dealkylation sites (tertiary alicyclic amines) is 1. The summed E-state index contributed by atoms with van der Waals surface area (Å²) in [6, 6.07) is 8.32. The number of esters is 1. The van der Waals surface area contributed by atoms with Crippen LogP contribution < -0.4 is 0 Å².